The minimum absolute atomic E-state index is 0.806. The van der Waals surface area contributed by atoms with Gasteiger partial charge in [0, 0.05) is 12.6 Å². The Morgan fingerprint density at radius 1 is 1.24 bits per heavy atom. The molecule has 2 aliphatic rings. The van der Waals surface area contributed by atoms with Crippen molar-refractivity contribution in [2.24, 2.45) is 11.8 Å². The van der Waals surface area contributed by atoms with E-state index in [-0.39, 0.29) is 0 Å². The van der Waals surface area contributed by atoms with Crippen LogP contribution in [-0.4, -0.2) is 37.1 Å². The smallest absolute Gasteiger partial charge is 0.0124 e. The predicted molar refractivity (Wildman–Crippen MR) is 74.3 cm³/mol. The highest BCUT2D eigenvalue weighted by molar-refractivity contribution is 4.89. The number of hydrogen-bond donors (Lipinski definition) is 1. The monoisotopic (exact) mass is 238 g/mol. The van der Waals surface area contributed by atoms with Crippen LogP contribution >= 0.6 is 0 Å². The van der Waals surface area contributed by atoms with Crippen molar-refractivity contribution in [1.29, 1.82) is 0 Å². The molecule has 3 unspecified atom stereocenters. The van der Waals surface area contributed by atoms with Crippen LogP contribution in [0, 0.1) is 11.8 Å². The number of nitrogens with zero attached hydrogens (tertiary/aromatic N) is 1. The third kappa shape index (κ3) is 3.69. The summed E-state index contributed by atoms with van der Waals surface area (Å²) in [6.07, 6.45) is 8.65. The summed E-state index contributed by atoms with van der Waals surface area (Å²) < 4.78 is 0. The number of hydrogen-bond acceptors (Lipinski definition) is 2. The van der Waals surface area contributed by atoms with Gasteiger partial charge in [-0.05, 0) is 63.6 Å². The average molecular weight is 238 g/mol. The van der Waals surface area contributed by atoms with Gasteiger partial charge in [-0.25, -0.2) is 0 Å². The van der Waals surface area contributed by atoms with Crippen LogP contribution in [0.15, 0.2) is 0 Å². The van der Waals surface area contributed by atoms with Gasteiger partial charge in [-0.15, -0.1) is 0 Å². The van der Waals surface area contributed by atoms with E-state index < -0.39 is 0 Å². The summed E-state index contributed by atoms with van der Waals surface area (Å²) in [6, 6.07) is 0.942. The first kappa shape index (κ1) is 13.4. The normalized spacial score (nSPS) is 31.4. The Kier molecular flexibility index (Phi) is 5.30. The minimum atomic E-state index is 0.806. The van der Waals surface area contributed by atoms with E-state index >= 15 is 0 Å². The number of piperidine rings is 1. The molecule has 2 fully saturated rings. The van der Waals surface area contributed by atoms with Gasteiger partial charge in [0.2, 0.25) is 0 Å². The van der Waals surface area contributed by atoms with Gasteiger partial charge in [0.05, 0.1) is 0 Å². The Morgan fingerprint density at radius 3 is 2.88 bits per heavy atom. The van der Waals surface area contributed by atoms with E-state index in [4.69, 9.17) is 0 Å². The lowest BCUT2D eigenvalue weighted by Crippen LogP contribution is -2.45. The second-order valence-corrected chi connectivity index (χ2v) is 6.20. The van der Waals surface area contributed by atoms with E-state index in [1.807, 2.05) is 0 Å². The van der Waals surface area contributed by atoms with Crippen molar-refractivity contribution in [3.05, 3.63) is 0 Å². The Labute approximate surface area is 107 Å². The number of fused-ring (bicyclic) bond motifs is 1. The van der Waals surface area contributed by atoms with Crippen LogP contribution in [-0.2, 0) is 0 Å². The van der Waals surface area contributed by atoms with Gasteiger partial charge < -0.3 is 5.32 Å². The Balaban J connectivity index is 1.73. The van der Waals surface area contributed by atoms with Crippen molar-refractivity contribution >= 4 is 0 Å². The van der Waals surface area contributed by atoms with Crippen molar-refractivity contribution in [3.8, 4) is 0 Å². The van der Waals surface area contributed by atoms with Crippen LogP contribution in [0.3, 0.4) is 0 Å². The molecule has 0 aromatic heterocycles. The first-order chi connectivity index (χ1) is 8.31. The number of likely N-dealkylation sites (tertiary alicyclic amines) is 1. The molecule has 1 aliphatic carbocycles. The highest BCUT2D eigenvalue weighted by Gasteiger charge is 2.34. The molecule has 2 heteroatoms. The third-order valence-electron chi connectivity index (χ3n) is 4.57. The second kappa shape index (κ2) is 6.75. The maximum Gasteiger partial charge on any atom is 0.0124 e. The lowest BCUT2D eigenvalue weighted by molar-refractivity contribution is 0.0972. The number of rotatable bonds is 6. The SMILES string of the molecule is CCCNCC(C)CN1CCCC2CCCC21. The largest absolute Gasteiger partial charge is 0.316 e. The van der Waals surface area contributed by atoms with Crippen molar-refractivity contribution in [1.82, 2.24) is 10.2 Å². The Bertz CT molecular complexity index is 217. The molecule has 0 aromatic rings. The lowest BCUT2D eigenvalue weighted by atomic mass is 9.91. The molecule has 2 nitrogen and oxygen atoms in total. The van der Waals surface area contributed by atoms with E-state index in [1.165, 1.54) is 64.7 Å². The summed E-state index contributed by atoms with van der Waals surface area (Å²) in [5, 5.41) is 3.56. The molecule has 1 saturated heterocycles. The van der Waals surface area contributed by atoms with Crippen LogP contribution in [0.2, 0.25) is 0 Å². The van der Waals surface area contributed by atoms with E-state index in [2.05, 4.69) is 24.1 Å². The van der Waals surface area contributed by atoms with Gasteiger partial charge in [-0.3, -0.25) is 4.90 Å². The summed E-state index contributed by atoms with van der Waals surface area (Å²) in [4.78, 5) is 2.81. The summed E-state index contributed by atoms with van der Waals surface area (Å²) in [6.45, 7) is 9.70. The zero-order chi connectivity index (χ0) is 12.1. The molecule has 0 radical (unpaired) electrons. The molecular weight excluding hydrogens is 208 g/mol. The maximum absolute atomic E-state index is 3.56. The van der Waals surface area contributed by atoms with Crippen LogP contribution in [0.5, 0.6) is 0 Å². The van der Waals surface area contributed by atoms with Crippen molar-refractivity contribution < 1.29 is 0 Å². The molecule has 0 aromatic carbocycles. The first-order valence-electron chi connectivity index (χ1n) is 7.76. The van der Waals surface area contributed by atoms with Crippen LogP contribution in [0.1, 0.15) is 52.4 Å². The molecule has 3 atom stereocenters. The van der Waals surface area contributed by atoms with Crippen molar-refractivity contribution in [3.63, 3.8) is 0 Å². The molecule has 100 valence electrons. The molecule has 1 N–H and O–H groups in total. The second-order valence-electron chi connectivity index (χ2n) is 6.20. The molecule has 17 heavy (non-hydrogen) atoms. The molecule has 1 aliphatic heterocycles. The van der Waals surface area contributed by atoms with Gasteiger partial charge in [0.1, 0.15) is 0 Å². The van der Waals surface area contributed by atoms with Crippen LogP contribution in [0.4, 0.5) is 0 Å². The summed E-state index contributed by atoms with van der Waals surface area (Å²) in [5.41, 5.74) is 0. The van der Waals surface area contributed by atoms with E-state index in [0.29, 0.717) is 0 Å². The van der Waals surface area contributed by atoms with Gasteiger partial charge in [0.15, 0.2) is 0 Å². The molecule has 0 amide bonds. The Morgan fingerprint density at radius 2 is 2.06 bits per heavy atom. The van der Waals surface area contributed by atoms with Crippen LogP contribution < -0.4 is 5.32 Å². The summed E-state index contributed by atoms with van der Waals surface area (Å²) in [7, 11) is 0. The molecule has 0 spiro atoms. The van der Waals surface area contributed by atoms with Gasteiger partial charge in [-0.2, -0.15) is 0 Å². The van der Waals surface area contributed by atoms with Crippen molar-refractivity contribution in [2.75, 3.05) is 26.2 Å². The quantitative estimate of drug-likeness (QED) is 0.716. The predicted octanol–water partition coefficient (Wildman–Crippen LogP) is 2.89. The minimum Gasteiger partial charge on any atom is -0.316 e. The van der Waals surface area contributed by atoms with Gasteiger partial charge in [0.25, 0.3) is 0 Å². The third-order valence-corrected chi connectivity index (χ3v) is 4.57. The summed E-state index contributed by atoms with van der Waals surface area (Å²) >= 11 is 0. The van der Waals surface area contributed by atoms with Crippen LogP contribution in [0.25, 0.3) is 0 Å². The molecule has 0 bridgehead atoms. The highest BCUT2D eigenvalue weighted by atomic mass is 15.2. The van der Waals surface area contributed by atoms with Crippen molar-refractivity contribution in [2.45, 2.75) is 58.4 Å². The zero-order valence-electron chi connectivity index (χ0n) is 11.8. The fraction of sp³-hybridized carbons (Fsp3) is 1.00. The lowest BCUT2D eigenvalue weighted by Gasteiger charge is -2.39. The van der Waals surface area contributed by atoms with Gasteiger partial charge in [-0.1, -0.05) is 20.3 Å². The highest BCUT2D eigenvalue weighted by Crippen LogP contribution is 2.36. The molecule has 1 saturated carbocycles. The molecular formula is C15H30N2. The Hall–Kier alpha value is -0.0800. The summed E-state index contributed by atoms with van der Waals surface area (Å²) in [5.74, 6) is 1.85. The number of nitrogens with one attached hydrogen (secondary N) is 1. The first-order valence-corrected chi connectivity index (χ1v) is 7.76. The molecule has 2 rings (SSSR count). The van der Waals surface area contributed by atoms with E-state index in [1.54, 1.807) is 0 Å². The topological polar surface area (TPSA) is 15.3 Å². The fourth-order valence-electron chi connectivity index (χ4n) is 3.77. The van der Waals surface area contributed by atoms with E-state index in [0.717, 1.165) is 17.9 Å². The van der Waals surface area contributed by atoms with Gasteiger partial charge >= 0.3 is 0 Å². The fourth-order valence-corrected chi connectivity index (χ4v) is 3.77. The van der Waals surface area contributed by atoms with E-state index in [9.17, 15) is 0 Å². The zero-order valence-corrected chi connectivity index (χ0v) is 11.8. The maximum atomic E-state index is 3.56. The standard InChI is InChI=1S/C15H30N2/c1-3-9-16-11-13(2)12-17-10-5-7-14-6-4-8-15(14)17/h13-16H,3-12H2,1-2H3. The average Bonchev–Trinajstić information content (AvgIpc) is 2.78. The molecule has 1 heterocycles.